The van der Waals surface area contributed by atoms with Crippen LogP contribution in [0.2, 0.25) is 0 Å². The van der Waals surface area contributed by atoms with Crippen molar-refractivity contribution < 1.29 is 13.2 Å². The second-order valence-electron chi connectivity index (χ2n) is 8.40. The molecular weight excluding hydrogens is 362 g/mol. The van der Waals surface area contributed by atoms with E-state index >= 15 is 0 Å². The molecule has 1 amide bonds. The van der Waals surface area contributed by atoms with Gasteiger partial charge in [0.25, 0.3) is 0 Å². The monoisotopic (exact) mass is 391 g/mol. The van der Waals surface area contributed by atoms with Crippen LogP contribution in [0.25, 0.3) is 0 Å². The summed E-state index contributed by atoms with van der Waals surface area (Å²) >= 11 is 0. The summed E-state index contributed by atoms with van der Waals surface area (Å²) in [5, 5.41) is 0. The number of benzene rings is 1. The molecule has 0 aromatic heterocycles. The zero-order chi connectivity index (χ0) is 19.2. The van der Waals surface area contributed by atoms with Gasteiger partial charge in [-0.05, 0) is 56.6 Å². The first-order valence-corrected chi connectivity index (χ1v) is 11.4. The van der Waals surface area contributed by atoms with Crippen molar-refractivity contribution in [1.82, 2.24) is 9.21 Å². The van der Waals surface area contributed by atoms with Crippen LogP contribution >= 0.6 is 0 Å². The highest BCUT2D eigenvalue weighted by atomic mass is 32.2. The molecule has 2 N–H and O–H groups in total. The lowest BCUT2D eigenvalue weighted by Gasteiger charge is -2.32. The smallest absolute Gasteiger partial charge is 0.243 e. The number of rotatable bonds is 3. The Bertz CT molecular complexity index is 800. The standard InChI is InChI=1S/C20H29N3O3S/c1-14-2-5-17(6-3-14)27(25,26)23-10-8-15(9-11-23)20(24)22-12-16-4-7-19(21)18(16)13-22/h2-3,5-6,15-16,18-19H,4,7-13,21H2,1H3. The molecule has 0 spiro atoms. The SMILES string of the molecule is Cc1ccc(S(=O)(=O)N2CCC(C(=O)N3CC4CCC(N)C4C3)CC2)cc1. The Hall–Kier alpha value is -1.44. The van der Waals surface area contributed by atoms with Crippen LogP contribution in [0.1, 0.15) is 31.2 Å². The van der Waals surface area contributed by atoms with Crippen molar-refractivity contribution in [3.8, 4) is 0 Å². The molecule has 0 radical (unpaired) electrons. The molecule has 2 aliphatic heterocycles. The van der Waals surface area contributed by atoms with Crippen LogP contribution < -0.4 is 5.73 Å². The highest BCUT2D eigenvalue weighted by Crippen LogP contribution is 2.38. The van der Waals surface area contributed by atoms with Crippen molar-refractivity contribution in [1.29, 1.82) is 0 Å². The molecule has 1 saturated carbocycles. The maximum absolute atomic E-state index is 12.9. The summed E-state index contributed by atoms with van der Waals surface area (Å²) in [6.07, 6.45) is 3.40. The van der Waals surface area contributed by atoms with Gasteiger partial charge in [-0.3, -0.25) is 4.79 Å². The summed E-state index contributed by atoms with van der Waals surface area (Å²) < 4.78 is 27.2. The van der Waals surface area contributed by atoms with Gasteiger partial charge in [-0.15, -0.1) is 0 Å². The Kier molecular flexibility index (Phi) is 5.03. The van der Waals surface area contributed by atoms with Gasteiger partial charge in [0.1, 0.15) is 0 Å². The molecule has 27 heavy (non-hydrogen) atoms. The minimum atomic E-state index is -3.47. The van der Waals surface area contributed by atoms with Gasteiger partial charge in [0.15, 0.2) is 0 Å². The summed E-state index contributed by atoms with van der Waals surface area (Å²) in [6.45, 7) is 4.37. The first-order chi connectivity index (χ1) is 12.9. The van der Waals surface area contributed by atoms with Gasteiger partial charge in [-0.25, -0.2) is 8.42 Å². The highest BCUT2D eigenvalue weighted by Gasteiger charge is 2.44. The number of hydrogen-bond donors (Lipinski definition) is 1. The van der Waals surface area contributed by atoms with Crippen LogP contribution in [0.4, 0.5) is 0 Å². The minimum absolute atomic E-state index is 0.0653. The summed E-state index contributed by atoms with van der Waals surface area (Å²) in [6, 6.07) is 7.19. The molecule has 148 valence electrons. The minimum Gasteiger partial charge on any atom is -0.342 e. The lowest BCUT2D eigenvalue weighted by molar-refractivity contribution is -0.136. The average Bonchev–Trinajstić information content (AvgIpc) is 3.24. The van der Waals surface area contributed by atoms with Crippen LogP contribution in [0, 0.1) is 24.7 Å². The van der Waals surface area contributed by atoms with E-state index in [1.54, 1.807) is 12.1 Å². The molecule has 3 unspecified atom stereocenters. The van der Waals surface area contributed by atoms with Gasteiger partial charge in [0, 0.05) is 38.1 Å². The second kappa shape index (κ2) is 7.18. The largest absolute Gasteiger partial charge is 0.342 e. The van der Waals surface area contributed by atoms with Gasteiger partial charge >= 0.3 is 0 Å². The zero-order valence-electron chi connectivity index (χ0n) is 15.9. The van der Waals surface area contributed by atoms with E-state index in [1.165, 1.54) is 4.31 Å². The van der Waals surface area contributed by atoms with Gasteiger partial charge < -0.3 is 10.6 Å². The number of amides is 1. The first kappa shape index (κ1) is 18.9. The maximum atomic E-state index is 12.9. The van der Waals surface area contributed by atoms with Crippen LogP contribution in [-0.4, -0.2) is 55.8 Å². The molecule has 0 bridgehead atoms. The van der Waals surface area contributed by atoms with Gasteiger partial charge in [0.05, 0.1) is 4.90 Å². The van der Waals surface area contributed by atoms with E-state index in [-0.39, 0.29) is 17.9 Å². The second-order valence-corrected chi connectivity index (χ2v) is 10.3. The maximum Gasteiger partial charge on any atom is 0.243 e. The lowest BCUT2D eigenvalue weighted by Crippen LogP contribution is -2.44. The Labute approximate surface area is 161 Å². The van der Waals surface area contributed by atoms with Gasteiger partial charge in [0.2, 0.25) is 15.9 Å². The normalized spacial score (nSPS) is 29.9. The third kappa shape index (κ3) is 3.52. The van der Waals surface area contributed by atoms with Crippen molar-refractivity contribution in [3.05, 3.63) is 29.8 Å². The summed E-state index contributed by atoms with van der Waals surface area (Å²) in [7, 11) is -3.47. The van der Waals surface area contributed by atoms with E-state index in [9.17, 15) is 13.2 Å². The fraction of sp³-hybridized carbons (Fsp3) is 0.650. The number of carbonyl (C=O) groups excluding carboxylic acids is 1. The molecule has 3 fully saturated rings. The van der Waals surface area contributed by atoms with E-state index in [0.717, 1.165) is 31.5 Å². The Morgan fingerprint density at radius 1 is 1.04 bits per heavy atom. The first-order valence-electron chi connectivity index (χ1n) is 9.97. The predicted molar refractivity (Wildman–Crippen MR) is 103 cm³/mol. The highest BCUT2D eigenvalue weighted by molar-refractivity contribution is 7.89. The molecule has 1 aromatic carbocycles. The fourth-order valence-electron chi connectivity index (χ4n) is 4.95. The lowest BCUT2D eigenvalue weighted by atomic mass is 9.96. The molecule has 1 aromatic rings. The third-order valence-corrected chi connectivity index (χ3v) is 8.60. The Balaban J connectivity index is 1.36. The van der Waals surface area contributed by atoms with E-state index in [4.69, 9.17) is 5.73 Å². The van der Waals surface area contributed by atoms with Crippen molar-refractivity contribution in [3.63, 3.8) is 0 Å². The quantitative estimate of drug-likeness (QED) is 0.848. The molecule has 1 aliphatic carbocycles. The fourth-order valence-corrected chi connectivity index (χ4v) is 6.42. The molecule has 2 heterocycles. The molecular formula is C20H29N3O3S. The van der Waals surface area contributed by atoms with Crippen LogP contribution in [0.15, 0.2) is 29.2 Å². The molecule has 7 heteroatoms. The number of fused-ring (bicyclic) bond motifs is 1. The average molecular weight is 392 g/mol. The predicted octanol–water partition coefficient (Wildman–Crippen LogP) is 1.59. The van der Waals surface area contributed by atoms with Crippen LogP contribution in [0.3, 0.4) is 0 Å². The summed E-state index contributed by atoms with van der Waals surface area (Å²) in [5.41, 5.74) is 7.22. The number of sulfonamides is 1. The van der Waals surface area contributed by atoms with Gasteiger partial charge in [-0.2, -0.15) is 4.31 Å². The van der Waals surface area contributed by atoms with Crippen molar-refractivity contribution >= 4 is 15.9 Å². The molecule has 2 saturated heterocycles. The Morgan fingerprint density at radius 2 is 1.70 bits per heavy atom. The zero-order valence-corrected chi connectivity index (χ0v) is 16.7. The van der Waals surface area contributed by atoms with E-state index in [1.807, 2.05) is 24.0 Å². The topological polar surface area (TPSA) is 83.7 Å². The van der Waals surface area contributed by atoms with Crippen LogP contribution in [0.5, 0.6) is 0 Å². The Morgan fingerprint density at radius 3 is 2.33 bits per heavy atom. The number of nitrogens with zero attached hydrogens (tertiary/aromatic N) is 2. The number of piperidine rings is 1. The summed E-state index contributed by atoms with van der Waals surface area (Å²) in [5.74, 6) is 1.15. The van der Waals surface area contributed by atoms with Crippen molar-refractivity contribution in [2.75, 3.05) is 26.2 Å². The molecule has 6 nitrogen and oxygen atoms in total. The molecule has 3 aliphatic rings. The third-order valence-electron chi connectivity index (χ3n) is 6.69. The summed E-state index contributed by atoms with van der Waals surface area (Å²) in [4.78, 5) is 15.2. The van der Waals surface area contributed by atoms with E-state index < -0.39 is 10.0 Å². The number of aryl methyl sites for hydroxylation is 1. The number of likely N-dealkylation sites (tertiary alicyclic amines) is 1. The van der Waals surface area contributed by atoms with Gasteiger partial charge in [-0.1, -0.05) is 17.7 Å². The van der Waals surface area contributed by atoms with Crippen molar-refractivity contribution in [2.45, 2.75) is 43.5 Å². The van der Waals surface area contributed by atoms with Crippen LogP contribution in [-0.2, 0) is 14.8 Å². The number of carbonyl (C=O) groups is 1. The van der Waals surface area contributed by atoms with E-state index in [0.29, 0.717) is 42.7 Å². The van der Waals surface area contributed by atoms with E-state index in [2.05, 4.69) is 0 Å². The number of hydrogen-bond acceptors (Lipinski definition) is 4. The molecule has 4 rings (SSSR count). The number of nitrogens with two attached hydrogens (primary N) is 1. The van der Waals surface area contributed by atoms with Crippen molar-refractivity contribution in [2.24, 2.45) is 23.5 Å². The molecule has 3 atom stereocenters.